The Morgan fingerprint density at radius 3 is 2.29 bits per heavy atom. The molecule has 0 unspecified atom stereocenters. The van der Waals surface area contributed by atoms with Gasteiger partial charge < -0.3 is 10.6 Å². The van der Waals surface area contributed by atoms with Crippen LogP contribution in [0.3, 0.4) is 0 Å². The van der Waals surface area contributed by atoms with Crippen LogP contribution in [0.5, 0.6) is 0 Å². The van der Waals surface area contributed by atoms with Crippen molar-refractivity contribution in [1.29, 1.82) is 0 Å². The number of nitrogens with zero attached hydrogens (tertiary/aromatic N) is 2. The lowest BCUT2D eigenvalue weighted by molar-refractivity contribution is 0.187. The van der Waals surface area contributed by atoms with E-state index in [9.17, 15) is 8.42 Å². The Bertz CT molecular complexity index is 333. The summed E-state index contributed by atoms with van der Waals surface area (Å²) in [4.78, 5) is 2.30. The zero-order valence-electron chi connectivity index (χ0n) is 10.3. The van der Waals surface area contributed by atoms with Gasteiger partial charge in [-0.3, -0.25) is 0 Å². The van der Waals surface area contributed by atoms with E-state index in [1.54, 1.807) is 4.31 Å². The summed E-state index contributed by atoms with van der Waals surface area (Å²) in [6, 6.07) is 0. The van der Waals surface area contributed by atoms with E-state index in [0.717, 1.165) is 38.9 Å². The van der Waals surface area contributed by atoms with E-state index >= 15 is 0 Å². The summed E-state index contributed by atoms with van der Waals surface area (Å²) >= 11 is 0. The standard InChI is InChI=1S/C11H23N3O2S/c12-4-1-5-13-6-8-14(9-7-13)17(15,16)10-11-2-3-11/h11H,1-10,12H2. The fourth-order valence-electron chi connectivity index (χ4n) is 2.23. The van der Waals surface area contributed by atoms with Gasteiger partial charge >= 0.3 is 0 Å². The van der Waals surface area contributed by atoms with Gasteiger partial charge in [-0.05, 0) is 38.3 Å². The van der Waals surface area contributed by atoms with Crippen LogP contribution in [0.2, 0.25) is 0 Å². The van der Waals surface area contributed by atoms with Gasteiger partial charge in [-0.15, -0.1) is 0 Å². The number of sulfonamides is 1. The average Bonchev–Trinajstić information content (AvgIpc) is 3.10. The molecule has 0 amide bonds. The smallest absolute Gasteiger partial charge is 0.214 e. The summed E-state index contributed by atoms with van der Waals surface area (Å²) in [5, 5.41) is 0. The average molecular weight is 261 g/mol. The van der Waals surface area contributed by atoms with Crippen LogP contribution in [-0.4, -0.2) is 62.6 Å². The number of nitrogens with two attached hydrogens (primary N) is 1. The molecule has 100 valence electrons. The topological polar surface area (TPSA) is 66.6 Å². The van der Waals surface area contributed by atoms with Crippen LogP contribution in [0.4, 0.5) is 0 Å². The van der Waals surface area contributed by atoms with Crippen LogP contribution in [0.15, 0.2) is 0 Å². The third kappa shape index (κ3) is 3.91. The molecule has 1 saturated heterocycles. The van der Waals surface area contributed by atoms with E-state index in [-0.39, 0.29) is 0 Å². The van der Waals surface area contributed by atoms with E-state index in [0.29, 0.717) is 31.3 Å². The molecule has 1 heterocycles. The van der Waals surface area contributed by atoms with Gasteiger partial charge in [0.2, 0.25) is 10.0 Å². The van der Waals surface area contributed by atoms with Crippen LogP contribution >= 0.6 is 0 Å². The highest BCUT2D eigenvalue weighted by molar-refractivity contribution is 7.89. The van der Waals surface area contributed by atoms with E-state index in [2.05, 4.69) is 4.90 Å². The summed E-state index contributed by atoms with van der Waals surface area (Å²) in [5.74, 6) is 0.811. The van der Waals surface area contributed by atoms with Gasteiger partial charge in [0, 0.05) is 26.2 Å². The Morgan fingerprint density at radius 2 is 1.76 bits per heavy atom. The molecule has 1 saturated carbocycles. The molecule has 2 N–H and O–H groups in total. The molecule has 2 fully saturated rings. The van der Waals surface area contributed by atoms with Crippen molar-refractivity contribution in [3.63, 3.8) is 0 Å². The Balaban J connectivity index is 1.77. The minimum absolute atomic E-state index is 0.371. The molecule has 17 heavy (non-hydrogen) atoms. The Hall–Kier alpha value is -0.170. The van der Waals surface area contributed by atoms with Crippen molar-refractivity contribution in [3.05, 3.63) is 0 Å². The zero-order valence-corrected chi connectivity index (χ0v) is 11.2. The molecule has 6 heteroatoms. The second kappa shape index (κ2) is 5.65. The quantitative estimate of drug-likeness (QED) is 0.712. The number of rotatable bonds is 6. The molecule has 2 aliphatic rings. The maximum atomic E-state index is 12.0. The van der Waals surface area contributed by atoms with Crippen LogP contribution < -0.4 is 5.73 Å². The van der Waals surface area contributed by atoms with E-state index in [4.69, 9.17) is 5.73 Å². The van der Waals surface area contributed by atoms with Crippen molar-refractivity contribution >= 4 is 10.0 Å². The Morgan fingerprint density at radius 1 is 1.12 bits per heavy atom. The fourth-order valence-corrected chi connectivity index (χ4v) is 4.09. The normalized spacial score (nSPS) is 24.1. The molecule has 0 atom stereocenters. The molecular weight excluding hydrogens is 238 g/mol. The van der Waals surface area contributed by atoms with Gasteiger partial charge in [0.15, 0.2) is 0 Å². The molecule has 0 aromatic heterocycles. The Kier molecular flexibility index (Phi) is 4.41. The van der Waals surface area contributed by atoms with Crippen molar-refractivity contribution in [2.75, 3.05) is 45.0 Å². The van der Waals surface area contributed by atoms with E-state index in [1.165, 1.54) is 0 Å². The third-order valence-electron chi connectivity index (χ3n) is 3.55. The maximum absolute atomic E-state index is 12.0. The van der Waals surface area contributed by atoms with Crippen molar-refractivity contribution in [3.8, 4) is 0 Å². The lowest BCUT2D eigenvalue weighted by Gasteiger charge is -2.33. The minimum Gasteiger partial charge on any atom is -0.330 e. The highest BCUT2D eigenvalue weighted by atomic mass is 32.2. The van der Waals surface area contributed by atoms with Crippen LogP contribution in [0.25, 0.3) is 0 Å². The summed E-state index contributed by atoms with van der Waals surface area (Å²) in [5.41, 5.74) is 5.47. The minimum atomic E-state index is -2.98. The summed E-state index contributed by atoms with van der Waals surface area (Å²) < 4.78 is 25.8. The molecule has 0 aromatic rings. The molecular formula is C11H23N3O2S. The lowest BCUT2D eigenvalue weighted by atomic mass is 10.3. The summed E-state index contributed by atoms with van der Waals surface area (Å²) in [6.07, 6.45) is 3.18. The molecule has 5 nitrogen and oxygen atoms in total. The van der Waals surface area contributed by atoms with Gasteiger partial charge in [-0.2, -0.15) is 4.31 Å². The number of hydrogen-bond donors (Lipinski definition) is 1. The molecule has 1 aliphatic carbocycles. The first kappa shape index (κ1) is 13.3. The van der Waals surface area contributed by atoms with E-state index < -0.39 is 10.0 Å². The van der Waals surface area contributed by atoms with Crippen LogP contribution in [0, 0.1) is 5.92 Å². The monoisotopic (exact) mass is 261 g/mol. The van der Waals surface area contributed by atoms with Crippen molar-refractivity contribution in [2.24, 2.45) is 11.7 Å². The highest BCUT2D eigenvalue weighted by Gasteiger charge is 2.33. The maximum Gasteiger partial charge on any atom is 0.214 e. The highest BCUT2D eigenvalue weighted by Crippen LogP contribution is 2.31. The first-order valence-corrected chi connectivity index (χ1v) is 8.13. The van der Waals surface area contributed by atoms with Gasteiger partial charge in [0.05, 0.1) is 5.75 Å². The van der Waals surface area contributed by atoms with Gasteiger partial charge in [0.1, 0.15) is 0 Å². The van der Waals surface area contributed by atoms with E-state index in [1.807, 2.05) is 0 Å². The van der Waals surface area contributed by atoms with Gasteiger partial charge in [-0.1, -0.05) is 0 Å². The van der Waals surface area contributed by atoms with Gasteiger partial charge in [0.25, 0.3) is 0 Å². The molecule has 0 radical (unpaired) electrons. The summed E-state index contributed by atoms with van der Waals surface area (Å²) in [6.45, 7) is 4.71. The van der Waals surface area contributed by atoms with Gasteiger partial charge in [-0.25, -0.2) is 8.42 Å². The first-order chi connectivity index (χ1) is 8.12. The predicted octanol–water partition coefficient (Wildman–Crippen LogP) is -0.307. The Labute approximate surface area is 104 Å². The molecule has 0 aromatic carbocycles. The largest absolute Gasteiger partial charge is 0.330 e. The van der Waals surface area contributed by atoms with Crippen molar-refractivity contribution in [2.45, 2.75) is 19.3 Å². The molecule has 0 bridgehead atoms. The SMILES string of the molecule is NCCCN1CCN(S(=O)(=O)CC2CC2)CC1. The van der Waals surface area contributed by atoms with Crippen LogP contribution in [0.1, 0.15) is 19.3 Å². The second-order valence-corrected chi connectivity index (χ2v) is 7.12. The van der Waals surface area contributed by atoms with Crippen molar-refractivity contribution < 1.29 is 8.42 Å². The zero-order chi connectivity index (χ0) is 12.3. The predicted molar refractivity (Wildman–Crippen MR) is 68.2 cm³/mol. The fraction of sp³-hybridized carbons (Fsp3) is 1.00. The van der Waals surface area contributed by atoms with Crippen LogP contribution in [-0.2, 0) is 10.0 Å². The second-order valence-electron chi connectivity index (χ2n) is 5.10. The lowest BCUT2D eigenvalue weighted by Crippen LogP contribution is -2.49. The van der Waals surface area contributed by atoms with Crippen molar-refractivity contribution in [1.82, 2.24) is 9.21 Å². The third-order valence-corrected chi connectivity index (χ3v) is 5.59. The number of hydrogen-bond acceptors (Lipinski definition) is 4. The molecule has 2 rings (SSSR count). The number of piperazine rings is 1. The summed E-state index contributed by atoms with van der Waals surface area (Å²) in [7, 11) is -2.98. The molecule has 1 aliphatic heterocycles. The molecule has 0 spiro atoms. The first-order valence-electron chi connectivity index (χ1n) is 6.52.